The number of rotatable bonds is 2. The first-order chi connectivity index (χ1) is 10.1. The zero-order valence-corrected chi connectivity index (χ0v) is 11.8. The number of hydrogen-bond acceptors (Lipinski definition) is 2. The summed E-state index contributed by atoms with van der Waals surface area (Å²) in [5, 5.41) is 0. The minimum atomic E-state index is -0.262. The molecule has 0 saturated heterocycles. The van der Waals surface area contributed by atoms with Crippen molar-refractivity contribution >= 4 is 16.7 Å². The average Bonchev–Trinajstić information content (AvgIpc) is 3.21. The maximum atomic E-state index is 14.0. The Morgan fingerprint density at radius 2 is 1.86 bits per heavy atom. The molecule has 3 aromatic rings. The van der Waals surface area contributed by atoms with Crippen molar-refractivity contribution < 1.29 is 4.39 Å². The molecule has 0 spiro atoms. The number of fused-ring (bicyclic) bond motifs is 1. The van der Waals surface area contributed by atoms with Gasteiger partial charge in [-0.15, -0.1) is 0 Å². The van der Waals surface area contributed by atoms with Gasteiger partial charge in [-0.05, 0) is 42.7 Å². The highest BCUT2D eigenvalue weighted by Crippen LogP contribution is 2.53. The molecule has 1 saturated carbocycles. The summed E-state index contributed by atoms with van der Waals surface area (Å²) < 4.78 is 16.0. The molecule has 106 valence electrons. The fraction of sp³-hybridized carbons (Fsp3) is 0.235. The van der Waals surface area contributed by atoms with Gasteiger partial charge in [0.15, 0.2) is 5.82 Å². The van der Waals surface area contributed by atoms with Crippen LogP contribution in [0.5, 0.6) is 0 Å². The van der Waals surface area contributed by atoms with Gasteiger partial charge in [0.1, 0.15) is 11.3 Å². The summed E-state index contributed by atoms with van der Waals surface area (Å²) in [4.78, 5) is 4.60. The van der Waals surface area contributed by atoms with Gasteiger partial charge in [-0.25, -0.2) is 9.37 Å². The molecule has 1 aliphatic carbocycles. The summed E-state index contributed by atoms with van der Waals surface area (Å²) in [5.41, 5.74) is 8.93. The Bertz CT molecular complexity index is 829. The first kappa shape index (κ1) is 12.4. The Hall–Kier alpha value is -2.36. The van der Waals surface area contributed by atoms with Crippen LogP contribution in [-0.4, -0.2) is 9.55 Å². The van der Waals surface area contributed by atoms with Crippen LogP contribution in [0.4, 0.5) is 10.1 Å². The maximum Gasteiger partial charge on any atom is 0.151 e. The minimum Gasteiger partial charge on any atom is -0.399 e. The molecular formula is C17H16FN3. The summed E-state index contributed by atoms with van der Waals surface area (Å²) in [6.45, 7) is 0. The van der Waals surface area contributed by atoms with Crippen molar-refractivity contribution in [3.63, 3.8) is 0 Å². The lowest BCUT2D eigenvalue weighted by Gasteiger charge is -2.16. The van der Waals surface area contributed by atoms with Gasteiger partial charge < -0.3 is 10.3 Å². The lowest BCUT2D eigenvalue weighted by Crippen LogP contribution is -2.14. The molecule has 1 fully saturated rings. The zero-order chi connectivity index (χ0) is 14.6. The smallest absolute Gasteiger partial charge is 0.151 e. The quantitative estimate of drug-likeness (QED) is 0.732. The number of nitrogens with two attached hydrogens (primary N) is 1. The van der Waals surface area contributed by atoms with E-state index in [1.165, 1.54) is 11.6 Å². The van der Waals surface area contributed by atoms with Gasteiger partial charge in [-0.1, -0.05) is 18.2 Å². The molecule has 0 atom stereocenters. The van der Waals surface area contributed by atoms with Gasteiger partial charge in [0, 0.05) is 12.7 Å². The third-order valence-corrected chi connectivity index (χ3v) is 4.50. The molecule has 1 heterocycles. The van der Waals surface area contributed by atoms with E-state index in [0.29, 0.717) is 5.52 Å². The van der Waals surface area contributed by atoms with Crippen LogP contribution in [0.25, 0.3) is 11.0 Å². The highest BCUT2D eigenvalue weighted by atomic mass is 19.1. The predicted octanol–water partition coefficient (Wildman–Crippen LogP) is 3.37. The predicted molar refractivity (Wildman–Crippen MR) is 81.5 cm³/mol. The van der Waals surface area contributed by atoms with E-state index < -0.39 is 0 Å². The summed E-state index contributed by atoms with van der Waals surface area (Å²) in [6, 6.07) is 13.0. The summed E-state index contributed by atoms with van der Waals surface area (Å²) in [6.07, 6.45) is 2.07. The van der Waals surface area contributed by atoms with E-state index in [-0.39, 0.29) is 11.2 Å². The van der Waals surface area contributed by atoms with Crippen LogP contribution in [-0.2, 0) is 12.5 Å². The number of nitrogens with zero attached hydrogens (tertiary/aromatic N) is 2. The number of nitrogen functional groups attached to an aromatic ring is 1. The van der Waals surface area contributed by atoms with E-state index in [2.05, 4.69) is 17.1 Å². The van der Waals surface area contributed by atoms with Gasteiger partial charge in [-0.2, -0.15) is 0 Å². The molecule has 0 bridgehead atoms. The zero-order valence-electron chi connectivity index (χ0n) is 11.8. The molecule has 21 heavy (non-hydrogen) atoms. The second kappa shape index (κ2) is 4.07. The summed E-state index contributed by atoms with van der Waals surface area (Å²) in [7, 11) is 1.96. The van der Waals surface area contributed by atoms with Crippen molar-refractivity contribution in [1.82, 2.24) is 9.55 Å². The molecule has 0 radical (unpaired) electrons. The highest BCUT2D eigenvalue weighted by molar-refractivity contribution is 5.77. The standard InChI is InChI=1S/C17H16FN3/c1-21-14-4-2-3-13(18)15(14)20-16(21)17(9-10-17)11-5-7-12(19)8-6-11/h2-8H,9-10,19H2,1H3. The third-order valence-electron chi connectivity index (χ3n) is 4.50. The number of aromatic nitrogens is 2. The van der Waals surface area contributed by atoms with Gasteiger partial charge in [-0.3, -0.25) is 0 Å². The Kier molecular flexibility index (Phi) is 2.40. The van der Waals surface area contributed by atoms with Crippen LogP contribution in [0.3, 0.4) is 0 Å². The normalized spacial score (nSPS) is 16.3. The number of aryl methyl sites for hydroxylation is 1. The number of benzene rings is 2. The second-order valence-electron chi connectivity index (χ2n) is 5.81. The van der Waals surface area contributed by atoms with Gasteiger partial charge in [0.05, 0.1) is 10.9 Å². The molecule has 1 aliphatic rings. The fourth-order valence-corrected chi connectivity index (χ4v) is 3.18. The van der Waals surface area contributed by atoms with Gasteiger partial charge in [0.2, 0.25) is 0 Å². The van der Waals surface area contributed by atoms with E-state index >= 15 is 0 Å². The van der Waals surface area contributed by atoms with Gasteiger partial charge >= 0.3 is 0 Å². The first-order valence-corrected chi connectivity index (χ1v) is 7.09. The van der Waals surface area contributed by atoms with Crippen LogP contribution in [0.15, 0.2) is 42.5 Å². The van der Waals surface area contributed by atoms with Gasteiger partial charge in [0.25, 0.3) is 0 Å². The summed E-state index contributed by atoms with van der Waals surface area (Å²) >= 11 is 0. The SMILES string of the molecule is Cn1c(C2(c3ccc(N)cc3)CC2)nc2c(F)cccc21. The Labute approximate surface area is 122 Å². The molecule has 4 rings (SSSR count). The van der Waals surface area contributed by atoms with Crippen LogP contribution in [0.1, 0.15) is 24.2 Å². The average molecular weight is 281 g/mol. The van der Waals surface area contributed by atoms with Crippen molar-refractivity contribution in [3.05, 3.63) is 59.7 Å². The monoisotopic (exact) mass is 281 g/mol. The molecule has 4 heteroatoms. The maximum absolute atomic E-state index is 14.0. The van der Waals surface area contributed by atoms with E-state index in [4.69, 9.17) is 5.73 Å². The van der Waals surface area contributed by atoms with E-state index in [9.17, 15) is 4.39 Å². The number of hydrogen-bond donors (Lipinski definition) is 1. The number of para-hydroxylation sites is 1. The fourth-order valence-electron chi connectivity index (χ4n) is 3.18. The Balaban J connectivity index is 1.92. The third kappa shape index (κ3) is 1.68. The Morgan fingerprint density at radius 3 is 2.48 bits per heavy atom. The molecule has 2 aromatic carbocycles. The lowest BCUT2D eigenvalue weighted by atomic mass is 9.95. The van der Waals surface area contributed by atoms with E-state index in [0.717, 1.165) is 29.9 Å². The van der Waals surface area contributed by atoms with Crippen molar-refractivity contribution in [2.45, 2.75) is 18.3 Å². The largest absolute Gasteiger partial charge is 0.399 e. The molecule has 0 unspecified atom stereocenters. The van der Waals surface area contributed by atoms with E-state index in [1.54, 1.807) is 6.07 Å². The van der Waals surface area contributed by atoms with Crippen LogP contribution >= 0.6 is 0 Å². The highest BCUT2D eigenvalue weighted by Gasteiger charge is 2.49. The molecular weight excluding hydrogens is 265 g/mol. The van der Waals surface area contributed by atoms with Crippen LogP contribution < -0.4 is 5.73 Å². The lowest BCUT2D eigenvalue weighted by molar-refractivity contribution is 0.636. The summed E-state index contributed by atoms with van der Waals surface area (Å²) in [5.74, 6) is 0.676. The number of anilines is 1. The second-order valence-corrected chi connectivity index (χ2v) is 5.81. The molecule has 0 amide bonds. The number of halogens is 1. The van der Waals surface area contributed by atoms with Crippen molar-refractivity contribution in [3.8, 4) is 0 Å². The van der Waals surface area contributed by atoms with Crippen molar-refractivity contribution in [1.29, 1.82) is 0 Å². The van der Waals surface area contributed by atoms with E-state index in [1.807, 2.05) is 29.8 Å². The molecule has 3 nitrogen and oxygen atoms in total. The number of imidazole rings is 1. The molecule has 0 aliphatic heterocycles. The molecule has 2 N–H and O–H groups in total. The Morgan fingerprint density at radius 1 is 1.14 bits per heavy atom. The minimum absolute atomic E-state index is 0.0894. The topological polar surface area (TPSA) is 43.8 Å². The van der Waals surface area contributed by atoms with Crippen LogP contribution in [0, 0.1) is 5.82 Å². The van der Waals surface area contributed by atoms with Crippen LogP contribution in [0.2, 0.25) is 0 Å². The molecule has 1 aromatic heterocycles. The van der Waals surface area contributed by atoms with Crippen molar-refractivity contribution in [2.75, 3.05) is 5.73 Å². The van der Waals surface area contributed by atoms with Crippen molar-refractivity contribution in [2.24, 2.45) is 7.05 Å². The first-order valence-electron chi connectivity index (χ1n) is 7.09.